The molecule has 0 bridgehead atoms. The third-order valence-corrected chi connectivity index (χ3v) is 5.69. The molecule has 1 N–H and O–H groups in total. The predicted molar refractivity (Wildman–Crippen MR) is 95.4 cm³/mol. The van der Waals surface area contributed by atoms with E-state index in [0.29, 0.717) is 19.6 Å². The van der Waals surface area contributed by atoms with Crippen LogP contribution in [0.5, 0.6) is 0 Å². The third-order valence-electron chi connectivity index (χ3n) is 4.81. The van der Waals surface area contributed by atoms with Crippen molar-refractivity contribution in [3.8, 4) is 0 Å². The Kier molecular flexibility index (Phi) is 6.23. The molecule has 24 heavy (non-hydrogen) atoms. The smallest absolute Gasteiger partial charge is 0.129 e. The number of aliphatic hydroxyl groups excluding tert-OH is 1. The highest BCUT2D eigenvalue weighted by Crippen LogP contribution is 2.39. The first-order valence-electron chi connectivity index (χ1n) is 8.31. The molecule has 4 atom stereocenters. The van der Waals surface area contributed by atoms with E-state index >= 15 is 0 Å². The number of hydrogen-bond acceptors (Lipinski definition) is 3. The van der Waals surface area contributed by atoms with Crippen molar-refractivity contribution < 1.29 is 14.3 Å². The summed E-state index contributed by atoms with van der Waals surface area (Å²) in [5.41, 5.74) is 1.12. The summed E-state index contributed by atoms with van der Waals surface area (Å²) in [6.45, 7) is 0.901. The van der Waals surface area contributed by atoms with Crippen molar-refractivity contribution in [2.24, 2.45) is 11.8 Å². The van der Waals surface area contributed by atoms with Gasteiger partial charge in [-0.1, -0.05) is 29.8 Å². The third kappa shape index (κ3) is 4.34. The Bertz CT molecular complexity index is 629. The SMILES string of the molecule is OC1CC(Cl)[C@H](CCc2ccccc2Cl)[C@H]1COCc1ccco1. The van der Waals surface area contributed by atoms with Crippen LogP contribution in [-0.4, -0.2) is 23.2 Å². The molecule has 1 aliphatic carbocycles. The first kappa shape index (κ1) is 17.8. The average molecular weight is 369 g/mol. The Morgan fingerprint density at radius 3 is 2.75 bits per heavy atom. The van der Waals surface area contributed by atoms with Gasteiger partial charge in [-0.15, -0.1) is 11.6 Å². The van der Waals surface area contributed by atoms with Crippen LogP contribution in [0.3, 0.4) is 0 Å². The normalized spacial score (nSPS) is 26.8. The minimum absolute atomic E-state index is 0.0281. The molecule has 1 heterocycles. The average Bonchev–Trinajstić information content (AvgIpc) is 3.16. The second-order valence-corrected chi connectivity index (χ2v) is 7.34. The van der Waals surface area contributed by atoms with E-state index in [4.69, 9.17) is 32.4 Å². The summed E-state index contributed by atoms with van der Waals surface area (Å²) >= 11 is 12.7. The van der Waals surface area contributed by atoms with E-state index in [1.165, 1.54) is 0 Å². The summed E-state index contributed by atoms with van der Waals surface area (Å²) in [7, 11) is 0. The Morgan fingerprint density at radius 1 is 1.17 bits per heavy atom. The van der Waals surface area contributed by atoms with Crippen molar-refractivity contribution in [2.45, 2.75) is 37.4 Å². The van der Waals surface area contributed by atoms with Crippen LogP contribution in [-0.2, 0) is 17.8 Å². The second-order valence-electron chi connectivity index (χ2n) is 6.37. The summed E-state index contributed by atoms with van der Waals surface area (Å²) in [4.78, 5) is 0. The first-order chi connectivity index (χ1) is 11.6. The molecular formula is C19H22Cl2O3. The summed E-state index contributed by atoms with van der Waals surface area (Å²) in [6, 6.07) is 11.6. The fourth-order valence-corrected chi connectivity index (χ4v) is 4.20. The molecule has 1 aliphatic rings. The van der Waals surface area contributed by atoms with E-state index < -0.39 is 6.10 Å². The Balaban J connectivity index is 1.56. The van der Waals surface area contributed by atoms with Gasteiger partial charge in [-0.25, -0.2) is 0 Å². The quantitative estimate of drug-likeness (QED) is 0.721. The van der Waals surface area contributed by atoms with E-state index in [-0.39, 0.29) is 17.2 Å². The summed E-state index contributed by atoms with van der Waals surface area (Å²) in [5, 5.41) is 11.1. The molecule has 0 spiro atoms. The predicted octanol–water partition coefficient (Wildman–Crippen LogP) is 4.69. The molecule has 0 aliphatic heterocycles. The van der Waals surface area contributed by atoms with Crippen LogP contribution in [0.1, 0.15) is 24.2 Å². The molecule has 1 fully saturated rings. The highest BCUT2D eigenvalue weighted by molar-refractivity contribution is 6.31. The van der Waals surface area contributed by atoms with Gasteiger partial charge in [0.25, 0.3) is 0 Å². The molecule has 3 nitrogen and oxygen atoms in total. The van der Waals surface area contributed by atoms with Gasteiger partial charge < -0.3 is 14.3 Å². The molecule has 3 rings (SSSR count). The topological polar surface area (TPSA) is 42.6 Å². The molecule has 0 amide bonds. The second kappa shape index (κ2) is 8.39. The maximum atomic E-state index is 10.3. The maximum absolute atomic E-state index is 10.3. The minimum atomic E-state index is -0.416. The van der Waals surface area contributed by atoms with E-state index in [9.17, 15) is 5.11 Å². The van der Waals surface area contributed by atoms with Gasteiger partial charge in [0.1, 0.15) is 12.4 Å². The number of aliphatic hydroxyl groups is 1. The molecule has 0 saturated heterocycles. The van der Waals surface area contributed by atoms with E-state index in [2.05, 4.69) is 0 Å². The van der Waals surface area contributed by atoms with Crippen LogP contribution < -0.4 is 0 Å². The summed E-state index contributed by atoms with van der Waals surface area (Å²) in [6.07, 6.45) is 3.58. The highest BCUT2D eigenvalue weighted by Gasteiger charge is 2.41. The van der Waals surface area contributed by atoms with Crippen molar-refractivity contribution in [3.63, 3.8) is 0 Å². The van der Waals surface area contributed by atoms with Crippen LogP contribution in [0, 0.1) is 11.8 Å². The lowest BCUT2D eigenvalue weighted by atomic mass is 9.89. The monoisotopic (exact) mass is 368 g/mol. The maximum Gasteiger partial charge on any atom is 0.129 e. The molecule has 0 radical (unpaired) electrons. The largest absolute Gasteiger partial charge is 0.467 e. The van der Waals surface area contributed by atoms with Gasteiger partial charge in [0.05, 0.1) is 19.0 Å². The molecule has 5 heteroatoms. The number of benzene rings is 1. The number of furan rings is 1. The van der Waals surface area contributed by atoms with Gasteiger partial charge in [-0.05, 0) is 48.9 Å². The van der Waals surface area contributed by atoms with Crippen LogP contribution in [0.2, 0.25) is 5.02 Å². The molecule has 1 saturated carbocycles. The molecule has 2 unspecified atom stereocenters. The molecular weight excluding hydrogens is 347 g/mol. The number of ether oxygens (including phenoxy) is 1. The number of halogens is 2. The van der Waals surface area contributed by atoms with Crippen molar-refractivity contribution >= 4 is 23.2 Å². The number of aryl methyl sites for hydroxylation is 1. The fourth-order valence-electron chi connectivity index (χ4n) is 3.48. The Hall–Kier alpha value is -1.00. The zero-order valence-electron chi connectivity index (χ0n) is 13.4. The standard InChI is InChI=1S/C19H22Cl2O3/c20-17-6-2-1-4-13(17)7-8-15-16(19(22)10-18(15)21)12-23-11-14-5-3-9-24-14/h1-6,9,15-16,18-19,22H,7-8,10-12H2/t15-,16-,18?,19?/m1/s1. The summed E-state index contributed by atoms with van der Waals surface area (Å²) in [5.74, 6) is 1.05. The van der Waals surface area contributed by atoms with Crippen LogP contribution in [0.4, 0.5) is 0 Å². The lowest BCUT2D eigenvalue weighted by molar-refractivity contribution is 0.0150. The first-order valence-corrected chi connectivity index (χ1v) is 9.12. The van der Waals surface area contributed by atoms with Gasteiger partial charge in [-0.3, -0.25) is 0 Å². The van der Waals surface area contributed by atoms with Gasteiger partial charge >= 0.3 is 0 Å². The Labute approximate surface area is 152 Å². The molecule has 2 aromatic rings. The molecule has 1 aromatic heterocycles. The summed E-state index contributed by atoms with van der Waals surface area (Å²) < 4.78 is 11.0. The Morgan fingerprint density at radius 2 is 2.00 bits per heavy atom. The van der Waals surface area contributed by atoms with Crippen molar-refractivity contribution in [1.29, 1.82) is 0 Å². The zero-order chi connectivity index (χ0) is 16.9. The van der Waals surface area contributed by atoms with Crippen molar-refractivity contribution in [1.82, 2.24) is 0 Å². The van der Waals surface area contributed by atoms with Gasteiger partial charge in [0.2, 0.25) is 0 Å². The van der Waals surface area contributed by atoms with Crippen molar-refractivity contribution in [3.05, 3.63) is 59.0 Å². The van der Waals surface area contributed by atoms with Gasteiger partial charge in [0, 0.05) is 16.3 Å². The zero-order valence-corrected chi connectivity index (χ0v) is 14.9. The molecule has 1 aromatic carbocycles. The number of alkyl halides is 1. The van der Waals surface area contributed by atoms with Crippen molar-refractivity contribution in [2.75, 3.05) is 6.61 Å². The van der Waals surface area contributed by atoms with E-state index in [0.717, 1.165) is 29.2 Å². The lowest BCUT2D eigenvalue weighted by Gasteiger charge is -2.23. The minimum Gasteiger partial charge on any atom is -0.467 e. The van der Waals surface area contributed by atoms with E-state index in [1.807, 2.05) is 36.4 Å². The number of hydrogen-bond donors (Lipinski definition) is 1. The van der Waals surface area contributed by atoms with Crippen LogP contribution in [0.25, 0.3) is 0 Å². The fraction of sp³-hybridized carbons (Fsp3) is 0.474. The van der Waals surface area contributed by atoms with Gasteiger partial charge in [-0.2, -0.15) is 0 Å². The van der Waals surface area contributed by atoms with Crippen LogP contribution >= 0.6 is 23.2 Å². The van der Waals surface area contributed by atoms with Crippen LogP contribution in [0.15, 0.2) is 47.1 Å². The molecule has 130 valence electrons. The number of rotatable bonds is 7. The highest BCUT2D eigenvalue weighted by atomic mass is 35.5. The van der Waals surface area contributed by atoms with E-state index in [1.54, 1.807) is 6.26 Å². The lowest BCUT2D eigenvalue weighted by Crippen LogP contribution is -2.26. The van der Waals surface area contributed by atoms with Gasteiger partial charge in [0.15, 0.2) is 0 Å².